The molecule has 1 heterocycles. The highest BCUT2D eigenvalue weighted by Gasteiger charge is 2.33. The smallest absolute Gasteiger partial charge is 0.120 e. The zero-order chi connectivity index (χ0) is 13.2. The largest absolute Gasteiger partial charge is 0.491 e. The van der Waals surface area contributed by atoms with Gasteiger partial charge < -0.3 is 14.7 Å². The van der Waals surface area contributed by atoms with E-state index in [1.807, 2.05) is 38.1 Å². The number of hydrogen-bond donors (Lipinski definition) is 1. The fourth-order valence-corrected chi connectivity index (χ4v) is 2.41. The summed E-state index contributed by atoms with van der Waals surface area (Å²) >= 11 is 0. The van der Waals surface area contributed by atoms with Gasteiger partial charge in [-0.25, -0.2) is 0 Å². The van der Waals surface area contributed by atoms with Crippen LogP contribution in [0.1, 0.15) is 32.3 Å². The monoisotopic (exact) mass is 249 g/mol. The molecule has 18 heavy (non-hydrogen) atoms. The van der Waals surface area contributed by atoms with Gasteiger partial charge in [0.05, 0.1) is 11.7 Å². The Morgan fingerprint density at radius 2 is 1.94 bits per heavy atom. The lowest BCUT2D eigenvalue weighted by atomic mass is 9.84. The minimum absolute atomic E-state index is 0.160. The Labute approximate surface area is 109 Å². The highest BCUT2D eigenvalue weighted by molar-refractivity contribution is 5.33. The first-order chi connectivity index (χ1) is 8.49. The SMILES string of the molecule is CC(C)Oc1cccc(C2(O)CCN(C)CC2)c1. The third kappa shape index (κ3) is 3.03. The van der Waals surface area contributed by atoms with Crippen molar-refractivity contribution in [2.24, 2.45) is 0 Å². The first-order valence-corrected chi connectivity index (χ1v) is 6.68. The third-order valence-corrected chi connectivity index (χ3v) is 3.56. The minimum atomic E-state index is -0.692. The van der Waals surface area contributed by atoms with Crippen LogP contribution in [0.2, 0.25) is 0 Å². The van der Waals surface area contributed by atoms with E-state index in [-0.39, 0.29) is 6.10 Å². The van der Waals surface area contributed by atoms with Crippen LogP contribution in [0, 0.1) is 0 Å². The van der Waals surface area contributed by atoms with E-state index < -0.39 is 5.60 Å². The number of ether oxygens (including phenoxy) is 1. The van der Waals surface area contributed by atoms with Gasteiger partial charge in [-0.3, -0.25) is 0 Å². The average Bonchev–Trinajstić information content (AvgIpc) is 2.33. The summed E-state index contributed by atoms with van der Waals surface area (Å²) in [6.07, 6.45) is 1.73. The summed E-state index contributed by atoms with van der Waals surface area (Å²) in [5.74, 6) is 0.842. The lowest BCUT2D eigenvalue weighted by molar-refractivity contribution is -0.0205. The molecular formula is C15H23NO2. The van der Waals surface area contributed by atoms with Crippen LogP contribution in [0.3, 0.4) is 0 Å². The van der Waals surface area contributed by atoms with Crippen molar-refractivity contribution in [1.82, 2.24) is 4.90 Å². The highest BCUT2D eigenvalue weighted by Crippen LogP contribution is 2.34. The third-order valence-electron chi connectivity index (χ3n) is 3.56. The molecule has 0 radical (unpaired) electrons. The van der Waals surface area contributed by atoms with Gasteiger partial charge in [-0.1, -0.05) is 12.1 Å². The lowest BCUT2D eigenvalue weighted by Crippen LogP contribution is -2.40. The van der Waals surface area contributed by atoms with Crippen LogP contribution < -0.4 is 4.74 Å². The summed E-state index contributed by atoms with van der Waals surface area (Å²) in [5, 5.41) is 10.7. The molecule has 1 aromatic rings. The summed E-state index contributed by atoms with van der Waals surface area (Å²) < 4.78 is 5.69. The van der Waals surface area contributed by atoms with Gasteiger partial charge in [0.1, 0.15) is 5.75 Å². The molecule has 2 rings (SSSR count). The van der Waals surface area contributed by atoms with Crippen molar-refractivity contribution in [3.05, 3.63) is 29.8 Å². The maximum Gasteiger partial charge on any atom is 0.120 e. The van der Waals surface area contributed by atoms with E-state index in [1.165, 1.54) is 0 Å². The fraction of sp³-hybridized carbons (Fsp3) is 0.600. The highest BCUT2D eigenvalue weighted by atomic mass is 16.5. The number of nitrogens with zero attached hydrogens (tertiary/aromatic N) is 1. The Morgan fingerprint density at radius 3 is 2.56 bits per heavy atom. The molecule has 1 N–H and O–H groups in total. The van der Waals surface area contributed by atoms with E-state index in [4.69, 9.17) is 4.74 Å². The summed E-state index contributed by atoms with van der Waals surface area (Å²) in [4.78, 5) is 2.25. The first kappa shape index (κ1) is 13.4. The second-order valence-corrected chi connectivity index (χ2v) is 5.53. The van der Waals surface area contributed by atoms with Crippen LogP contribution in [-0.4, -0.2) is 36.2 Å². The molecule has 1 saturated heterocycles. The Balaban J connectivity index is 2.17. The van der Waals surface area contributed by atoms with Gasteiger partial charge in [0, 0.05) is 13.1 Å². The number of rotatable bonds is 3. The van der Waals surface area contributed by atoms with Gasteiger partial charge in [0.15, 0.2) is 0 Å². The van der Waals surface area contributed by atoms with Crippen LogP contribution in [0.5, 0.6) is 5.75 Å². The molecule has 1 fully saturated rings. The van der Waals surface area contributed by atoms with Gasteiger partial charge in [0.2, 0.25) is 0 Å². The van der Waals surface area contributed by atoms with E-state index in [2.05, 4.69) is 11.9 Å². The van der Waals surface area contributed by atoms with Gasteiger partial charge in [-0.05, 0) is 51.4 Å². The Bertz CT molecular complexity index is 395. The van der Waals surface area contributed by atoms with Gasteiger partial charge in [-0.15, -0.1) is 0 Å². The molecule has 100 valence electrons. The molecule has 0 amide bonds. The van der Waals surface area contributed by atoms with E-state index in [0.717, 1.165) is 37.2 Å². The number of aliphatic hydroxyl groups is 1. The second-order valence-electron chi connectivity index (χ2n) is 5.53. The van der Waals surface area contributed by atoms with Crippen LogP contribution in [0.25, 0.3) is 0 Å². The molecule has 1 aromatic carbocycles. The molecule has 0 saturated carbocycles. The van der Waals surface area contributed by atoms with Gasteiger partial charge in [-0.2, -0.15) is 0 Å². The van der Waals surface area contributed by atoms with Gasteiger partial charge in [0.25, 0.3) is 0 Å². The van der Waals surface area contributed by atoms with Crippen molar-refractivity contribution < 1.29 is 9.84 Å². The summed E-state index contributed by atoms with van der Waals surface area (Å²) in [5.41, 5.74) is 0.289. The zero-order valence-corrected chi connectivity index (χ0v) is 11.5. The van der Waals surface area contributed by atoms with Crippen LogP contribution in [0.15, 0.2) is 24.3 Å². The summed E-state index contributed by atoms with van der Waals surface area (Å²) in [7, 11) is 2.10. The minimum Gasteiger partial charge on any atom is -0.491 e. The lowest BCUT2D eigenvalue weighted by Gasteiger charge is -2.37. The zero-order valence-electron chi connectivity index (χ0n) is 11.5. The standard InChI is InChI=1S/C15H23NO2/c1-12(2)18-14-6-4-5-13(11-14)15(17)7-9-16(3)10-8-15/h4-6,11-12,17H,7-10H2,1-3H3. The summed E-state index contributed by atoms with van der Waals surface area (Å²) in [6.45, 7) is 5.89. The molecule has 0 atom stereocenters. The molecule has 3 nitrogen and oxygen atoms in total. The van der Waals surface area contributed by atoms with Crippen molar-refractivity contribution in [3.63, 3.8) is 0 Å². The fourth-order valence-electron chi connectivity index (χ4n) is 2.41. The van der Waals surface area contributed by atoms with Gasteiger partial charge >= 0.3 is 0 Å². The maximum atomic E-state index is 10.7. The molecule has 0 spiro atoms. The maximum absolute atomic E-state index is 10.7. The molecule has 3 heteroatoms. The number of piperidine rings is 1. The van der Waals surface area contributed by atoms with E-state index in [0.29, 0.717) is 0 Å². The van der Waals surface area contributed by atoms with E-state index >= 15 is 0 Å². The van der Waals surface area contributed by atoms with Crippen molar-refractivity contribution in [3.8, 4) is 5.75 Å². The topological polar surface area (TPSA) is 32.7 Å². The molecular weight excluding hydrogens is 226 g/mol. The molecule has 1 aliphatic rings. The second kappa shape index (κ2) is 5.29. The van der Waals surface area contributed by atoms with Crippen molar-refractivity contribution in [2.75, 3.05) is 20.1 Å². The van der Waals surface area contributed by atoms with Crippen LogP contribution in [0.4, 0.5) is 0 Å². The molecule has 0 bridgehead atoms. The van der Waals surface area contributed by atoms with E-state index in [9.17, 15) is 5.11 Å². The van der Waals surface area contributed by atoms with Crippen LogP contribution >= 0.6 is 0 Å². The van der Waals surface area contributed by atoms with Crippen LogP contribution in [-0.2, 0) is 5.60 Å². The van der Waals surface area contributed by atoms with Crippen molar-refractivity contribution in [1.29, 1.82) is 0 Å². The van der Waals surface area contributed by atoms with E-state index in [1.54, 1.807) is 0 Å². The van der Waals surface area contributed by atoms with Crippen molar-refractivity contribution >= 4 is 0 Å². The Hall–Kier alpha value is -1.06. The molecule has 0 unspecified atom stereocenters. The Morgan fingerprint density at radius 1 is 1.28 bits per heavy atom. The number of benzene rings is 1. The number of hydrogen-bond acceptors (Lipinski definition) is 3. The average molecular weight is 249 g/mol. The predicted octanol–water partition coefficient (Wildman–Crippen LogP) is 2.39. The molecule has 0 aromatic heterocycles. The molecule has 1 aliphatic heterocycles. The quantitative estimate of drug-likeness (QED) is 0.893. The molecule has 0 aliphatic carbocycles. The van der Waals surface area contributed by atoms with Crippen molar-refractivity contribution in [2.45, 2.75) is 38.4 Å². The Kier molecular flexibility index (Phi) is 3.93. The summed E-state index contributed by atoms with van der Waals surface area (Å²) in [6, 6.07) is 7.88. The normalized spacial score (nSPS) is 20.1. The number of likely N-dealkylation sites (tertiary alicyclic amines) is 1. The first-order valence-electron chi connectivity index (χ1n) is 6.68. The predicted molar refractivity (Wildman–Crippen MR) is 72.8 cm³/mol.